The highest BCUT2D eigenvalue weighted by atomic mass is 127. The van der Waals surface area contributed by atoms with E-state index in [9.17, 15) is 4.79 Å². The van der Waals surface area contributed by atoms with Gasteiger partial charge in [0.05, 0.1) is 6.42 Å². The number of carboxylic acid groups (broad SMARTS) is 1. The summed E-state index contributed by atoms with van der Waals surface area (Å²) in [6.45, 7) is 1.73. The van der Waals surface area contributed by atoms with E-state index in [2.05, 4.69) is 22.6 Å². The second kappa shape index (κ2) is 4.27. The van der Waals surface area contributed by atoms with Gasteiger partial charge in [-0.2, -0.15) is 0 Å². The summed E-state index contributed by atoms with van der Waals surface area (Å²) in [5, 5.41) is 8.70. The second-order valence-corrected chi connectivity index (χ2v) is 4.74. The number of hydrogen-bond acceptors (Lipinski definition) is 2. The Balaban J connectivity index is 2.97. The lowest BCUT2D eigenvalue weighted by atomic mass is 9.90. The molecule has 0 aromatic heterocycles. The molecule has 3 nitrogen and oxygen atoms in total. The zero-order chi connectivity index (χ0) is 10.8. The fourth-order valence-electron chi connectivity index (χ4n) is 1.26. The van der Waals surface area contributed by atoms with E-state index in [1.165, 1.54) is 0 Å². The molecule has 0 heterocycles. The van der Waals surface area contributed by atoms with Crippen LogP contribution in [0.25, 0.3) is 0 Å². The van der Waals surface area contributed by atoms with Gasteiger partial charge in [-0.1, -0.05) is 12.1 Å². The molecule has 0 bridgehead atoms. The molecule has 1 atom stereocenters. The van der Waals surface area contributed by atoms with Gasteiger partial charge in [-0.05, 0) is 47.2 Å². The third kappa shape index (κ3) is 2.95. The van der Waals surface area contributed by atoms with Crippen molar-refractivity contribution in [1.82, 2.24) is 0 Å². The van der Waals surface area contributed by atoms with E-state index in [4.69, 9.17) is 10.8 Å². The normalized spacial score (nSPS) is 14.8. The Kier molecular flexibility index (Phi) is 3.49. The van der Waals surface area contributed by atoms with Gasteiger partial charge in [0.25, 0.3) is 0 Å². The van der Waals surface area contributed by atoms with Crippen molar-refractivity contribution < 1.29 is 9.90 Å². The third-order valence-electron chi connectivity index (χ3n) is 2.00. The number of carbonyl (C=O) groups is 1. The van der Waals surface area contributed by atoms with E-state index in [1.54, 1.807) is 6.92 Å². The molecule has 0 aliphatic carbocycles. The van der Waals surface area contributed by atoms with Crippen LogP contribution < -0.4 is 5.73 Å². The zero-order valence-corrected chi connectivity index (χ0v) is 9.98. The number of rotatable bonds is 3. The van der Waals surface area contributed by atoms with E-state index < -0.39 is 11.5 Å². The largest absolute Gasteiger partial charge is 0.481 e. The van der Waals surface area contributed by atoms with Crippen LogP contribution in [0.15, 0.2) is 24.3 Å². The topological polar surface area (TPSA) is 63.3 Å². The predicted octanol–water partition coefficient (Wildman–Crippen LogP) is 1.94. The van der Waals surface area contributed by atoms with Gasteiger partial charge in [0.2, 0.25) is 0 Å². The van der Waals surface area contributed by atoms with Crippen molar-refractivity contribution in [2.24, 2.45) is 5.73 Å². The molecular weight excluding hydrogens is 293 g/mol. The molecule has 3 N–H and O–H groups in total. The van der Waals surface area contributed by atoms with Gasteiger partial charge < -0.3 is 10.8 Å². The van der Waals surface area contributed by atoms with Crippen LogP contribution in [-0.2, 0) is 10.3 Å². The molecule has 1 rings (SSSR count). The summed E-state index contributed by atoms with van der Waals surface area (Å²) in [7, 11) is 0. The second-order valence-electron chi connectivity index (χ2n) is 3.50. The fraction of sp³-hybridized carbons (Fsp3) is 0.300. The predicted molar refractivity (Wildman–Crippen MR) is 63.0 cm³/mol. The van der Waals surface area contributed by atoms with Gasteiger partial charge in [-0.15, -0.1) is 0 Å². The Labute approximate surface area is 96.4 Å². The van der Waals surface area contributed by atoms with Crippen molar-refractivity contribution in [3.63, 3.8) is 0 Å². The van der Waals surface area contributed by atoms with Crippen molar-refractivity contribution in [2.45, 2.75) is 18.9 Å². The maximum Gasteiger partial charge on any atom is 0.305 e. The molecule has 0 aliphatic rings. The number of hydrogen-bond donors (Lipinski definition) is 2. The molecular formula is C10H12INO2. The molecule has 1 aromatic rings. The van der Waals surface area contributed by atoms with Crippen LogP contribution in [0.4, 0.5) is 0 Å². The first kappa shape index (κ1) is 11.5. The van der Waals surface area contributed by atoms with Gasteiger partial charge >= 0.3 is 5.97 Å². The maximum absolute atomic E-state index is 10.6. The van der Waals surface area contributed by atoms with Gasteiger partial charge in [0.15, 0.2) is 0 Å². The molecule has 0 saturated carbocycles. The third-order valence-corrected chi connectivity index (χ3v) is 2.67. The summed E-state index contributed by atoms with van der Waals surface area (Å²) >= 11 is 2.18. The lowest BCUT2D eigenvalue weighted by molar-refractivity contribution is -0.138. The Hall–Kier alpha value is -0.620. The minimum atomic E-state index is -0.881. The molecule has 14 heavy (non-hydrogen) atoms. The molecule has 0 saturated heterocycles. The van der Waals surface area contributed by atoms with Crippen LogP contribution in [0, 0.1) is 3.57 Å². The zero-order valence-electron chi connectivity index (χ0n) is 7.83. The number of nitrogens with two attached hydrogens (primary N) is 1. The Morgan fingerprint density at radius 3 is 2.79 bits per heavy atom. The van der Waals surface area contributed by atoms with Gasteiger partial charge in [-0.25, -0.2) is 0 Å². The molecule has 4 heteroatoms. The SMILES string of the molecule is CC(N)(CC(=O)O)c1cccc(I)c1. The van der Waals surface area contributed by atoms with Crippen LogP contribution in [0.2, 0.25) is 0 Å². The van der Waals surface area contributed by atoms with Crippen LogP contribution in [0.1, 0.15) is 18.9 Å². The quantitative estimate of drug-likeness (QED) is 0.839. The first-order valence-corrected chi connectivity index (χ1v) is 5.26. The maximum atomic E-state index is 10.6. The van der Waals surface area contributed by atoms with Crippen LogP contribution in [0.3, 0.4) is 0 Å². The van der Waals surface area contributed by atoms with Crippen molar-refractivity contribution in [3.8, 4) is 0 Å². The molecule has 0 amide bonds. The smallest absolute Gasteiger partial charge is 0.305 e. The average Bonchev–Trinajstić information content (AvgIpc) is 2.01. The monoisotopic (exact) mass is 305 g/mol. The lowest BCUT2D eigenvalue weighted by Crippen LogP contribution is -2.35. The number of benzene rings is 1. The van der Waals surface area contributed by atoms with Gasteiger partial charge in [-0.3, -0.25) is 4.79 Å². The summed E-state index contributed by atoms with van der Waals surface area (Å²) in [5.74, 6) is -0.881. The van der Waals surface area contributed by atoms with Crippen molar-refractivity contribution in [1.29, 1.82) is 0 Å². The fourth-order valence-corrected chi connectivity index (χ4v) is 1.80. The Bertz CT molecular complexity index is 350. The Morgan fingerprint density at radius 2 is 2.29 bits per heavy atom. The molecule has 0 fully saturated rings. The minimum absolute atomic E-state index is 0.0624. The summed E-state index contributed by atoms with van der Waals surface area (Å²) in [4.78, 5) is 10.6. The highest BCUT2D eigenvalue weighted by molar-refractivity contribution is 14.1. The van der Waals surface area contributed by atoms with Gasteiger partial charge in [0, 0.05) is 9.11 Å². The van der Waals surface area contributed by atoms with Crippen molar-refractivity contribution in [3.05, 3.63) is 33.4 Å². The Morgan fingerprint density at radius 1 is 1.64 bits per heavy atom. The number of halogens is 1. The summed E-state index contributed by atoms with van der Waals surface area (Å²) in [5.41, 5.74) is 5.98. The average molecular weight is 305 g/mol. The van der Waals surface area contributed by atoms with E-state index >= 15 is 0 Å². The number of carboxylic acids is 1. The molecule has 0 radical (unpaired) electrons. The van der Waals surface area contributed by atoms with Crippen LogP contribution in [-0.4, -0.2) is 11.1 Å². The molecule has 76 valence electrons. The van der Waals surface area contributed by atoms with Crippen LogP contribution in [0.5, 0.6) is 0 Å². The summed E-state index contributed by atoms with van der Waals surface area (Å²) in [6, 6.07) is 7.58. The summed E-state index contributed by atoms with van der Waals surface area (Å²) < 4.78 is 1.06. The summed E-state index contributed by atoms with van der Waals surface area (Å²) in [6.07, 6.45) is -0.0624. The van der Waals surface area contributed by atoms with E-state index in [0.717, 1.165) is 9.13 Å². The minimum Gasteiger partial charge on any atom is -0.481 e. The molecule has 0 spiro atoms. The molecule has 0 aliphatic heterocycles. The molecule has 1 unspecified atom stereocenters. The van der Waals surface area contributed by atoms with Gasteiger partial charge in [0.1, 0.15) is 0 Å². The highest BCUT2D eigenvalue weighted by Crippen LogP contribution is 2.22. The van der Waals surface area contributed by atoms with E-state index in [1.807, 2.05) is 24.3 Å². The van der Waals surface area contributed by atoms with Crippen molar-refractivity contribution in [2.75, 3.05) is 0 Å². The van der Waals surface area contributed by atoms with E-state index in [-0.39, 0.29) is 6.42 Å². The number of aliphatic carboxylic acids is 1. The van der Waals surface area contributed by atoms with Crippen molar-refractivity contribution >= 4 is 28.6 Å². The van der Waals surface area contributed by atoms with Crippen LogP contribution >= 0.6 is 22.6 Å². The molecule has 1 aromatic carbocycles. The first-order valence-electron chi connectivity index (χ1n) is 4.18. The lowest BCUT2D eigenvalue weighted by Gasteiger charge is -2.23. The first-order chi connectivity index (χ1) is 6.42. The standard InChI is InChI=1S/C10H12INO2/c1-10(12,6-9(13)14)7-3-2-4-8(11)5-7/h2-5H,6,12H2,1H3,(H,13,14). The highest BCUT2D eigenvalue weighted by Gasteiger charge is 2.24. The van der Waals surface area contributed by atoms with E-state index in [0.29, 0.717) is 0 Å².